The van der Waals surface area contributed by atoms with Crippen LogP contribution in [0.4, 0.5) is 16.2 Å². The summed E-state index contributed by atoms with van der Waals surface area (Å²) in [6.45, 7) is 12.4. The van der Waals surface area contributed by atoms with E-state index in [0.29, 0.717) is 16.3 Å². The quantitative estimate of drug-likeness (QED) is 0.383. The summed E-state index contributed by atoms with van der Waals surface area (Å²) in [4.78, 5) is 29.0. The number of fused-ring (bicyclic) bond motifs is 1. The maximum absolute atomic E-state index is 13.0. The van der Waals surface area contributed by atoms with Crippen LogP contribution in [-0.4, -0.2) is 63.0 Å². The maximum atomic E-state index is 13.0. The van der Waals surface area contributed by atoms with Crippen molar-refractivity contribution < 1.29 is 23.8 Å². The van der Waals surface area contributed by atoms with Crippen LogP contribution in [0.5, 0.6) is 5.75 Å². The van der Waals surface area contributed by atoms with E-state index in [4.69, 9.17) is 14.2 Å². The number of thiophene rings is 1. The van der Waals surface area contributed by atoms with Crippen molar-refractivity contribution in [3.05, 3.63) is 52.2 Å². The molecule has 2 amide bonds. The SMILES string of the molecule is COC(=O)c1sc(C(C)(C)C)cc1NC(=O)Nc1ccc(OC(C)CN2CCOCC2)c2ccccc12. The van der Waals surface area contributed by atoms with Crippen LogP contribution in [0.1, 0.15) is 42.2 Å². The van der Waals surface area contributed by atoms with E-state index in [0.717, 1.165) is 54.2 Å². The average molecular weight is 526 g/mol. The van der Waals surface area contributed by atoms with Crippen LogP contribution in [0, 0.1) is 0 Å². The van der Waals surface area contributed by atoms with Gasteiger partial charge in [0.15, 0.2) is 0 Å². The monoisotopic (exact) mass is 525 g/mol. The van der Waals surface area contributed by atoms with Crippen LogP contribution in [0.25, 0.3) is 10.8 Å². The lowest BCUT2D eigenvalue weighted by Gasteiger charge is -2.29. The predicted octanol–water partition coefficient (Wildman–Crippen LogP) is 5.73. The minimum absolute atomic E-state index is 0.00374. The fourth-order valence-corrected chi connectivity index (χ4v) is 5.35. The van der Waals surface area contributed by atoms with E-state index in [1.807, 2.05) is 42.5 Å². The zero-order valence-electron chi connectivity index (χ0n) is 22.1. The highest BCUT2D eigenvalue weighted by atomic mass is 32.1. The van der Waals surface area contributed by atoms with E-state index < -0.39 is 12.0 Å². The van der Waals surface area contributed by atoms with Crippen LogP contribution in [-0.2, 0) is 14.9 Å². The van der Waals surface area contributed by atoms with Crippen molar-refractivity contribution in [2.75, 3.05) is 50.6 Å². The first-order chi connectivity index (χ1) is 17.7. The second-order valence-corrected chi connectivity index (χ2v) is 11.2. The van der Waals surface area contributed by atoms with Crippen molar-refractivity contribution in [1.29, 1.82) is 0 Å². The van der Waals surface area contributed by atoms with Gasteiger partial charge >= 0.3 is 12.0 Å². The number of carbonyl (C=O) groups excluding carboxylic acids is 2. The number of morpholine rings is 1. The number of carbonyl (C=O) groups is 2. The third kappa shape index (κ3) is 6.60. The van der Waals surface area contributed by atoms with Gasteiger partial charge in [0.2, 0.25) is 0 Å². The molecule has 37 heavy (non-hydrogen) atoms. The summed E-state index contributed by atoms with van der Waals surface area (Å²) in [7, 11) is 1.33. The Hall–Kier alpha value is -3.14. The third-order valence-corrected chi connectivity index (χ3v) is 7.71. The number of ether oxygens (including phenoxy) is 3. The average Bonchev–Trinajstić information content (AvgIpc) is 3.30. The molecule has 8 nitrogen and oxygen atoms in total. The van der Waals surface area contributed by atoms with E-state index >= 15 is 0 Å². The van der Waals surface area contributed by atoms with Crippen molar-refractivity contribution in [3.63, 3.8) is 0 Å². The van der Waals surface area contributed by atoms with Crippen LogP contribution < -0.4 is 15.4 Å². The normalized spacial score (nSPS) is 15.3. The molecule has 1 fully saturated rings. The summed E-state index contributed by atoms with van der Waals surface area (Å²) >= 11 is 1.33. The summed E-state index contributed by atoms with van der Waals surface area (Å²) in [5.41, 5.74) is 0.905. The molecule has 0 saturated carbocycles. The van der Waals surface area contributed by atoms with Gasteiger partial charge < -0.3 is 24.8 Å². The number of hydrogen-bond acceptors (Lipinski definition) is 7. The van der Waals surface area contributed by atoms with Gasteiger partial charge in [0.25, 0.3) is 0 Å². The number of benzene rings is 2. The van der Waals surface area contributed by atoms with Crippen molar-refractivity contribution in [2.24, 2.45) is 0 Å². The Labute approximate surface area is 221 Å². The van der Waals surface area contributed by atoms with Crippen molar-refractivity contribution in [3.8, 4) is 5.75 Å². The molecule has 1 unspecified atom stereocenters. The summed E-state index contributed by atoms with van der Waals surface area (Å²) in [5, 5.41) is 7.55. The van der Waals surface area contributed by atoms with Gasteiger partial charge in [0, 0.05) is 35.3 Å². The molecule has 4 rings (SSSR count). The molecule has 0 aliphatic carbocycles. The number of anilines is 2. The first-order valence-corrected chi connectivity index (χ1v) is 13.3. The lowest BCUT2D eigenvalue weighted by Crippen LogP contribution is -2.41. The van der Waals surface area contributed by atoms with E-state index in [1.54, 1.807) is 0 Å². The van der Waals surface area contributed by atoms with Gasteiger partial charge in [-0.25, -0.2) is 9.59 Å². The highest BCUT2D eigenvalue weighted by molar-refractivity contribution is 7.14. The predicted molar refractivity (Wildman–Crippen MR) is 148 cm³/mol. The summed E-state index contributed by atoms with van der Waals surface area (Å²) in [6, 6.07) is 12.9. The molecule has 0 bridgehead atoms. The van der Waals surface area contributed by atoms with Crippen molar-refractivity contribution in [2.45, 2.75) is 39.2 Å². The first kappa shape index (κ1) is 26.9. The van der Waals surface area contributed by atoms with Gasteiger partial charge in [-0.05, 0) is 30.5 Å². The molecule has 1 atom stereocenters. The molecule has 2 N–H and O–H groups in total. The second-order valence-electron chi connectivity index (χ2n) is 10.2. The van der Waals surface area contributed by atoms with Gasteiger partial charge in [-0.3, -0.25) is 4.90 Å². The fraction of sp³-hybridized carbons (Fsp3) is 0.429. The Bertz CT molecular complexity index is 1260. The highest BCUT2D eigenvalue weighted by Crippen LogP contribution is 2.36. The lowest BCUT2D eigenvalue weighted by molar-refractivity contribution is 0.0220. The van der Waals surface area contributed by atoms with Crippen molar-refractivity contribution >= 4 is 45.5 Å². The van der Waals surface area contributed by atoms with Crippen LogP contribution in [0.15, 0.2) is 42.5 Å². The number of rotatable bonds is 7. The fourth-order valence-electron chi connectivity index (χ4n) is 4.26. The topological polar surface area (TPSA) is 89.1 Å². The van der Waals surface area contributed by atoms with Gasteiger partial charge in [-0.2, -0.15) is 0 Å². The Morgan fingerprint density at radius 3 is 2.41 bits per heavy atom. The van der Waals surface area contributed by atoms with Gasteiger partial charge in [-0.1, -0.05) is 45.0 Å². The van der Waals surface area contributed by atoms with E-state index in [1.165, 1.54) is 18.4 Å². The Morgan fingerprint density at radius 1 is 1.05 bits per heavy atom. The van der Waals surface area contributed by atoms with Gasteiger partial charge in [0.05, 0.1) is 31.7 Å². The largest absolute Gasteiger partial charge is 0.489 e. The van der Waals surface area contributed by atoms with Crippen LogP contribution in [0.3, 0.4) is 0 Å². The molecule has 198 valence electrons. The number of amides is 2. The van der Waals surface area contributed by atoms with E-state index in [2.05, 4.69) is 43.2 Å². The minimum atomic E-state index is -0.478. The molecule has 2 heterocycles. The zero-order valence-corrected chi connectivity index (χ0v) is 22.9. The molecule has 1 aromatic heterocycles. The molecular formula is C28H35N3O5S. The summed E-state index contributed by atoms with van der Waals surface area (Å²) in [5.74, 6) is 0.289. The van der Waals surface area contributed by atoms with Crippen molar-refractivity contribution in [1.82, 2.24) is 4.90 Å². The minimum Gasteiger partial charge on any atom is -0.489 e. The Morgan fingerprint density at radius 2 is 1.73 bits per heavy atom. The van der Waals surface area contributed by atoms with E-state index in [9.17, 15) is 9.59 Å². The van der Waals surface area contributed by atoms with Crippen LogP contribution in [0.2, 0.25) is 0 Å². The molecule has 3 aromatic rings. The van der Waals surface area contributed by atoms with Gasteiger partial charge in [0.1, 0.15) is 16.7 Å². The maximum Gasteiger partial charge on any atom is 0.350 e. The highest BCUT2D eigenvalue weighted by Gasteiger charge is 2.25. The second kappa shape index (κ2) is 11.5. The molecule has 0 radical (unpaired) electrons. The number of esters is 1. The molecule has 1 saturated heterocycles. The molecule has 2 aromatic carbocycles. The standard InChI is InChI=1S/C28H35N3O5S/c1-18(17-31-12-14-35-15-13-31)36-23-11-10-21(19-8-6-7-9-20(19)23)29-27(33)30-22-16-24(28(2,3)4)37-25(22)26(32)34-5/h6-11,16,18H,12-15,17H2,1-5H3,(H2,29,30,33). The Kier molecular flexibility index (Phi) is 8.36. The molecule has 1 aliphatic rings. The smallest absolute Gasteiger partial charge is 0.350 e. The first-order valence-electron chi connectivity index (χ1n) is 12.4. The molecule has 9 heteroatoms. The van der Waals surface area contributed by atoms with Gasteiger partial charge in [-0.15, -0.1) is 11.3 Å². The summed E-state index contributed by atoms with van der Waals surface area (Å²) < 4.78 is 16.7. The number of nitrogens with one attached hydrogen (secondary N) is 2. The van der Waals surface area contributed by atoms with Crippen LogP contribution >= 0.6 is 11.3 Å². The zero-order chi connectivity index (χ0) is 26.6. The summed E-state index contributed by atoms with van der Waals surface area (Å²) in [6.07, 6.45) is -0.00374. The van der Waals surface area contributed by atoms with E-state index in [-0.39, 0.29) is 11.5 Å². The number of methoxy groups -OCH3 is 1. The molecule has 1 aliphatic heterocycles. The molecular weight excluding hydrogens is 490 g/mol. The third-order valence-electron chi connectivity index (χ3n) is 6.17. The lowest BCUT2D eigenvalue weighted by atomic mass is 9.94. The number of urea groups is 1. The number of nitrogens with zero attached hydrogens (tertiary/aromatic N) is 1. The Balaban J connectivity index is 1.51. The number of hydrogen-bond donors (Lipinski definition) is 2. The molecule has 0 spiro atoms.